The molecule has 2 nitrogen and oxygen atoms in total. The summed E-state index contributed by atoms with van der Waals surface area (Å²) in [5.74, 6) is 3.76. The fraction of sp³-hybridized carbons (Fsp3) is 1.00. The van der Waals surface area contributed by atoms with Crippen molar-refractivity contribution in [3.8, 4) is 0 Å². The minimum Gasteiger partial charge on any atom is -0.403 e. The van der Waals surface area contributed by atoms with E-state index in [-0.39, 0.29) is 18.3 Å². The van der Waals surface area contributed by atoms with Crippen molar-refractivity contribution in [3.63, 3.8) is 0 Å². The van der Waals surface area contributed by atoms with Crippen molar-refractivity contribution in [2.45, 2.75) is 76.3 Å². The van der Waals surface area contributed by atoms with Gasteiger partial charge in [-0.2, -0.15) is 11.8 Å². The molecule has 2 saturated heterocycles. The zero-order valence-electron chi connectivity index (χ0n) is 13.3. The van der Waals surface area contributed by atoms with E-state index in [4.69, 9.17) is 9.31 Å². The van der Waals surface area contributed by atoms with Gasteiger partial charge in [-0.15, -0.1) is 0 Å². The molecule has 0 aromatic heterocycles. The van der Waals surface area contributed by atoms with E-state index in [1.165, 1.54) is 43.6 Å². The topological polar surface area (TPSA) is 18.5 Å². The first kappa shape index (κ1) is 14.0. The van der Waals surface area contributed by atoms with Crippen molar-refractivity contribution in [1.29, 1.82) is 0 Å². The van der Waals surface area contributed by atoms with Crippen LogP contribution in [0.4, 0.5) is 0 Å². The molecular weight excluding hydrogens is 267 g/mol. The van der Waals surface area contributed by atoms with Crippen LogP contribution in [0.25, 0.3) is 0 Å². The molecule has 2 bridgehead atoms. The van der Waals surface area contributed by atoms with Gasteiger partial charge in [0.25, 0.3) is 0 Å². The van der Waals surface area contributed by atoms with Crippen molar-refractivity contribution in [2.75, 3.05) is 11.5 Å². The first-order valence-electron chi connectivity index (χ1n) is 8.22. The van der Waals surface area contributed by atoms with E-state index in [0.717, 1.165) is 5.92 Å². The maximum atomic E-state index is 6.31. The third kappa shape index (κ3) is 1.68. The first-order valence-corrected chi connectivity index (χ1v) is 9.38. The average Bonchev–Trinajstić information content (AvgIpc) is 2.45. The Morgan fingerprint density at radius 2 is 1.40 bits per heavy atom. The lowest BCUT2D eigenvalue weighted by molar-refractivity contribution is -0.154. The van der Waals surface area contributed by atoms with E-state index >= 15 is 0 Å². The molecule has 112 valence electrons. The second kappa shape index (κ2) is 4.00. The Labute approximate surface area is 127 Å². The third-order valence-corrected chi connectivity index (χ3v) is 8.00. The van der Waals surface area contributed by atoms with E-state index in [9.17, 15) is 0 Å². The summed E-state index contributed by atoms with van der Waals surface area (Å²) in [6.45, 7) is 8.69. The molecule has 3 saturated carbocycles. The second-order valence-electron chi connectivity index (χ2n) is 8.73. The molecule has 0 radical (unpaired) electrons. The number of hydrogen-bond donors (Lipinski definition) is 0. The monoisotopic (exact) mass is 294 g/mol. The van der Waals surface area contributed by atoms with Crippen molar-refractivity contribution in [3.05, 3.63) is 0 Å². The fourth-order valence-corrected chi connectivity index (χ4v) is 6.14. The Morgan fingerprint density at radius 1 is 0.900 bits per heavy atom. The van der Waals surface area contributed by atoms with Crippen LogP contribution < -0.4 is 0 Å². The van der Waals surface area contributed by atoms with E-state index < -0.39 is 0 Å². The van der Waals surface area contributed by atoms with Gasteiger partial charge in [-0.3, -0.25) is 0 Å². The van der Waals surface area contributed by atoms with Crippen LogP contribution in [0.1, 0.15) is 59.8 Å². The number of rotatable bonds is 2. The molecule has 5 rings (SSSR count). The molecule has 0 spiro atoms. The van der Waals surface area contributed by atoms with Crippen LogP contribution in [0.3, 0.4) is 0 Å². The predicted octanol–water partition coefficient (Wildman–Crippen LogP) is 4.15. The summed E-state index contributed by atoms with van der Waals surface area (Å²) < 4.78 is 12.6. The normalized spacial score (nSPS) is 45.9. The molecular formula is C16H27BO2S. The van der Waals surface area contributed by atoms with Gasteiger partial charge < -0.3 is 9.31 Å². The van der Waals surface area contributed by atoms with E-state index in [1.54, 1.807) is 0 Å². The summed E-state index contributed by atoms with van der Waals surface area (Å²) in [4.78, 5) is 0. The number of hydrogen-bond acceptors (Lipinski definition) is 3. The molecule has 0 unspecified atom stereocenters. The summed E-state index contributed by atoms with van der Waals surface area (Å²) >= 11 is 2.14. The zero-order valence-corrected chi connectivity index (χ0v) is 14.1. The molecule has 0 atom stereocenters. The van der Waals surface area contributed by atoms with E-state index in [2.05, 4.69) is 39.5 Å². The Bertz CT molecular complexity index is 392. The Morgan fingerprint density at radius 3 is 1.90 bits per heavy atom. The van der Waals surface area contributed by atoms with Crippen LogP contribution in [0, 0.1) is 11.3 Å². The van der Waals surface area contributed by atoms with Gasteiger partial charge in [-0.25, -0.2) is 0 Å². The summed E-state index contributed by atoms with van der Waals surface area (Å²) in [5.41, 5.74) is 0.355. The van der Waals surface area contributed by atoms with E-state index in [0.29, 0.717) is 10.7 Å². The molecule has 2 heterocycles. The molecule has 0 N–H and O–H groups in total. The zero-order chi connectivity index (χ0) is 14.2. The van der Waals surface area contributed by atoms with Gasteiger partial charge in [0, 0.05) is 5.31 Å². The minimum atomic E-state index is -0.165. The molecule has 4 heteroatoms. The average molecular weight is 294 g/mol. The maximum absolute atomic E-state index is 6.31. The van der Waals surface area contributed by atoms with Crippen molar-refractivity contribution in [2.24, 2.45) is 11.3 Å². The molecule has 0 aromatic carbocycles. The van der Waals surface area contributed by atoms with Crippen LogP contribution >= 0.6 is 11.8 Å². The van der Waals surface area contributed by atoms with Crippen molar-refractivity contribution >= 4 is 18.9 Å². The van der Waals surface area contributed by atoms with Crippen LogP contribution in [0.2, 0.25) is 5.31 Å². The summed E-state index contributed by atoms with van der Waals surface area (Å²) in [6.07, 6.45) is 7.00. The molecule has 0 amide bonds. The van der Waals surface area contributed by atoms with Crippen LogP contribution in [-0.4, -0.2) is 29.8 Å². The van der Waals surface area contributed by atoms with Gasteiger partial charge in [0.1, 0.15) is 0 Å². The summed E-state index contributed by atoms with van der Waals surface area (Å²) in [6, 6.07) is 0. The Balaban J connectivity index is 1.43. The lowest BCUT2D eigenvalue weighted by Crippen LogP contribution is -2.67. The first-order chi connectivity index (χ1) is 9.29. The Kier molecular flexibility index (Phi) is 2.79. The minimum absolute atomic E-state index is 0.0485. The second-order valence-corrected chi connectivity index (χ2v) is 9.95. The van der Waals surface area contributed by atoms with Crippen LogP contribution in [0.5, 0.6) is 0 Å². The van der Waals surface area contributed by atoms with Gasteiger partial charge >= 0.3 is 7.12 Å². The lowest BCUT2D eigenvalue weighted by Gasteiger charge is -2.74. The molecule has 20 heavy (non-hydrogen) atoms. The molecule has 2 aliphatic heterocycles. The van der Waals surface area contributed by atoms with E-state index in [1.807, 2.05) is 0 Å². The van der Waals surface area contributed by atoms with Crippen LogP contribution in [0.15, 0.2) is 0 Å². The number of thioether (sulfide) groups is 1. The SMILES string of the molecule is CC1(C)OB(C23CC(C4CCSCC4)(C2)C3)OC1(C)C. The summed E-state index contributed by atoms with van der Waals surface area (Å²) in [7, 11) is 0.0485. The molecule has 5 aliphatic rings. The highest BCUT2D eigenvalue weighted by Crippen LogP contribution is 2.83. The highest BCUT2D eigenvalue weighted by atomic mass is 32.2. The van der Waals surface area contributed by atoms with Gasteiger partial charge in [-0.05, 0) is 82.6 Å². The molecule has 0 aromatic rings. The highest BCUT2D eigenvalue weighted by molar-refractivity contribution is 7.99. The predicted molar refractivity (Wildman–Crippen MR) is 85.1 cm³/mol. The smallest absolute Gasteiger partial charge is 0.403 e. The highest BCUT2D eigenvalue weighted by Gasteiger charge is 2.77. The molecule has 5 fully saturated rings. The lowest BCUT2D eigenvalue weighted by atomic mass is 9.22. The largest absolute Gasteiger partial charge is 0.464 e. The van der Waals surface area contributed by atoms with Gasteiger partial charge in [0.15, 0.2) is 0 Å². The van der Waals surface area contributed by atoms with Crippen molar-refractivity contribution < 1.29 is 9.31 Å². The maximum Gasteiger partial charge on any atom is 0.464 e. The van der Waals surface area contributed by atoms with Crippen molar-refractivity contribution in [1.82, 2.24) is 0 Å². The van der Waals surface area contributed by atoms with Gasteiger partial charge in [0.05, 0.1) is 11.2 Å². The third-order valence-electron chi connectivity index (χ3n) is 6.95. The standard InChI is InChI=1S/C16H27BO2S/c1-13(2)14(3,4)19-17(18-13)16-9-15(10-16,11-16)12-5-7-20-8-6-12/h12H,5-11H2,1-4H3. The van der Waals surface area contributed by atoms with Gasteiger partial charge in [0.2, 0.25) is 0 Å². The molecule has 3 aliphatic carbocycles. The Hall–Kier alpha value is 0.335. The summed E-state index contributed by atoms with van der Waals surface area (Å²) in [5, 5.41) is 0.371. The fourth-order valence-electron chi connectivity index (χ4n) is 5.03. The van der Waals surface area contributed by atoms with Gasteiger partial charge in [-0.1, -0.05) is 0 Å². The van der Waals surface area contributed by atoms with Crippen LogP contribution in [-0.2, 0) is 9.31 Å². The quantitative estimate of drug-likeness (QED) is 0.713.